The molecule has 0 aliphatic heterocycles. The molecular formula is C36H32N2O. The number of para-hydroxylation sites is 3. The van der Waals surface area contributed by atoms with Crippen molar-refractivity contribution in [1.82, 2.24) is 0 Å². The zero-order valence-corrected chi connectivity index (χ0v) is 22.2. The molecule has 5 aromatic carbocycles. The zero-order chi connectivity index (χ0) is 27.0. The van der Waals surface area contributed by atoms with E-state index in [-0.39, 0.29) is 5.78 Å². The van der Waals surface area contributed by atoms with Crippen molar-refractivity contribution in [2.45, 2.75) is 13.3 Å². The second-order valence-corrected chi connectivity index (χ2v) is 9.54. The van der Waals surface area contributed by atoms with Crippen LogP contribution < -0.4 is 9.80 Å². The van der Waals surface area contributed by atoms with Crippen LogP contribution in [0.25, 0.3) is 11.1 Å². The fourth-order valence-electron chi connectivity index (χ4n) is 4.68. The molecule has 3 heteroatoms. The van der Waals surface area contributed by atoms with E-state index in [4.69, 9.17) is 0 Å². The van der Waals surface area contributed by atoms with Gasteiger partial charge in [0.05, 0.1) is 0 Å². The van der Waals surface area contributed by atoms with E-state index in [2.05, 4.69) is 126 Å². The van der Waals surface area contributed by atoms with Gasteiger partial charge in [0.2, 0.25) is 0 Å². The van der Waals surface area contributed by atoms with Gasteiger partial charge in [0.1, 0.15) is 0 Å². The number of ketones is 1. The highest BCUT2D eigenvalue weighted by Gasteiger charge is 2.14. The van der Waals surface area contributed by atoms with Crippen LogP contribution in [0.15, 0.2) is 152 Å². The molecule has 192 valence electrons. The number of carbonyl (C=O) groups is 1. The van der Waals surface area contributed by atoms with Crippen molar-refractivity contribution in [2.75, 3.05) is 16.3 Å². The SMILES string of the molecule is C=C(C)C(=O)CCN(c1ccccc1)c1ccc(-c2ccc(N(c3ccccc3)c3ccccc3)cc2)cc1. The van der Waals surface area contributed by atoms with Gasteiger partial charge in [0.25, 0.3) is 0 Å². The Morgan fingerprint density at radius 2 is 0.897 bits per heavy atom. The molecule has 0 bridgehead atoms. The number of carbonyl (C=O) groups excluding carboxylic acids is 1. The summed E-state index contributed by atoms with van der Waals surface area (Å²) in [5.74, 6) is 0.0905. The Kier molecular flexibility index (Phi) is 7.99. The number of anilines is 5. The van der Waals surface area contributed by atoms with Crippen molar-refractivity contribution in [1.29, 1.82) is 0 Å². The lowest BCUT2D eigenvalue weighted by molar-refractivity contribution is -0.115. The first-order chi connectivity index (χ1) is 19.1. The van der Waals surface area contributed by atoms with Crippen LogP contribution in [0.4, 0.5) is 28.4 Å². The Morgan fingerprint density at radius 3 is 1.33 bits per heavy atom. The Balaban J connectivity index is 1.40. The van der Waals surface area contributed by atoms with Crippen molar-refractivity contribution in [3.8, 4) is 11.1 Å². The summed E-state index contributed by atoms with van der Waals surface area (Å²) in [7, 11) is 0. The number of rotatable bonds is 10. The first-order valence-corrected chi connectivity index (χ1v) is 13.2. The third-order valence-corrected chi connectivity index (χ3v) is 6.77. The largest absolute Gasteiger partial charge is 0.341 e. The van der Waals surface area contributed by atoms with Crippen LogP contribution in [0, 0.1) is 0 Å². The number of allylic oxidation sites excluding steroid dienone is 1. The standard InChI is InChI=1S/C36H32N2O/c1-28(2)36(39)26-27-37(31-12-6-3-7-13-31)32-22-18-29(19-23-32)30-20-24-35(25-21-30)38(33-14-8-4-9-15-33)34-16-10-5-11-17-34/h3-25H,1,26-27H2,2H3. The summed E-state index contributed by atoms with van der Waals surface area (Å²) in [5, 5.41) is 0. The normalized spacial score (nSPS) is 10.6. The minimum absolute atomic E-state index is 0.0905. The second kappa shape index (κ2) is 12.1. The highest BCUT2D eigenvalue weighted by atomic mass is 16.1. The second-order valence-electron chi connectivity index (χ2n) is 9.54. The summed E-state index contributed by atoms with van der Waals surface area (Å²) in [6.45, 7) is 6.17. The van der Waals surface area contributed by atoms with Gasteiger partial charge in [-0.05, 0) is 84.3 Å². The molecule has 0 amide bonds. The molecule has 5 rings (SSSR count). The summed E-state index contributed by atoms with van der Waals surface area (Å²) >= 11 is 0. The summed E-state index contributed by atoms with van der Waals surface area (Å²) in [4.78, 5) is 16.7. The molecular weight excluding hydrogens is 476 g/mol. The minimum atomic E-state index is 0.0905. The van der Waals surface area contributed by atoms with E-state index >= 15 is 0 Å². The summed E-state index contributed by atoms with van der Waals surface area (Å²) < 4.78 is 0. The molecule has 0 saturated carbocycles. The zero-order valence-electron chi connectivity index (χ0n) is 22.2. The Hall–Kier alpha value is -4.89. The highest BCUT2D eigenvalue weighted by molar-refractivity contribution is 5.94. The summed E-state index contributed by atoms with van der Waals surface area (Å²) in [6, 6.07) is 48.3. The van der Waals surface area contributed by atoms with Gasteiger partial charge in [-0.25, -0.2) is 0 Å². The van der Waals surface area contributed by atoms with Crippen LogP contribution in [0.3, 0.4) is 0 Å². The predicted octanol–water partition coefficient (Wildman–Crippen LogP) is 9.50. The van der Waals surface area contributed by atoms with Gasteiger partial charge in [0, 0.05) is 41.4 Å². The van der Waals surface area contributed by atoms with Gasteiger partial charge in [-0.15, -0.1) is 0 Å². The van der Waals surface area contributed by atoms with Gasteiger partial charge >= 0.3 is 0 Å². The summed E-state index contributed by atoms with van der Waals surface area (Å²) in [5.41, 5.74) is 8.34. The minimum Gasteiger partial charge on any atom is -0.341 e. The molecule has 0 N–H and O–H groups in total. The van der Waals surface area contributed by atoms with Crippen molar-refractivity contribution >= 4 is 34.2 Å². The topological polar surface area (TPSA) is 23.6 Å². The maximum atomic E-state index is 12.3. The van der Waals surface area contributed by atoms with Gasteiger partial charge < -0.3 is 9.80 Å². The monoisotopic (exact) mass is 508 g/mol. The molecule has 0 fully saturated rings. The molecule has 0 aliphatic carbocycles. The molecule has 0 spiro atoms. The lowest BCUT2D eigenvalue weighted by Gasteiger charge is -2.26. The van der Waals surface area contributed by atoms with Crippen molar-refractivity contribution in [3.63, 3.8) is 0 Å². The number of benzene rings is 5. The third kappa shape index (κ3) is 6.16. The first-order valence-electron chi connectivity index (χ1n) is 13.2. The highest BCUT2D eigenvalue weighted by Crippen LogP contribution is 2.35. The molecule has 0 unspecified atom stereocenters. The van der Waals surface area contributed by atoms with Crippen molar-refractivity contribution in [3.05, 3.63) is 152 Å². The molecule has 0 radical (unpaired) electrons. The third-order valence-electron chi connectivity index (χ3n) is 6.77. The molecule has 39 heavy (non-hydrogen) atoms. The van der Waals surface area contributed by atoms with E-state index in [1.807, 2.05) is 30.3 Å². The van der Waals surface area contributed by atoms with Gasteiger partial charge in [0.15, 0.2) is 5.78 Å². The van der Waals surface area contributed by atoms with E-state index in [1.54, 1.807) is 6.92 Å². The van der Waals surface area contributed by atoms with E-state index in [9.17, 15) is 4.79 Å². The van der Waals surface area contributed by atoms with E-state index in [0.717, 1.165) is 39.6 Å². The van der Waals surface area contributed by atoms with Crippen LogP contribution in [0.2, 0.25) is 0 Å². The molecule has 0 aliphatic rings. The van der Waals surface area contributed by atoms with Crippen LogP contribution in [-0.2, 0) is 4.79 Å². The Morgan fingerprint density at radius 1 is 0.538 bits per heavy atom. The average molecular weight is 509 g/mol. The van der Waals surface area contributed by atoms with Crippen molar-refractivity contribution < 1.29 is 4.79 Å². The smallest absolute Gasteiger partial charge is 0.159 e. The van der Waals surface area contributed by atoms with Crippen molar-refractivity contribution in [2.24, 2.45) is 0 Å². The van der Waals surface area contributed by atoms with Gasteiger partial charge in [-0.1, -0.05) is 85.4 Å². The van der Waals surface area contributed by atoms with E-state index in [0.29, 0.717) is 18.5 Å². The van der Waals surface area contributed by atoms with Crippen LogP contribution in [0.5, 0.6) is 0 Å². The fraction of sp³-hybridized carbons (Fsp3) is 0.0833. The lowest BCUT2D eigenvalue weighted by atomic mass is 10.0. The molecule has 3 nitrogen and oxygen atoms in total. The summed E-state index contributed by atoms with van der Waals surface area (Å²) in [6.07, 6.45) is 0.423. The Bertz CT molecular complexity index is 1470. The molecule has 0 saturated heterocycles. The molecule has 0 aromatic heterocycles. The number of Topliss-reactive ketones (excluding diaryl/α,β-unsaturated/α-hetero) is 1. The van der Waals surface area contributed by atoms with Crippen LogP contribution >= 0.6 is 0 Å². The van der Waals surface area contributed by atoms with Crippen LogP contribution in [-0.4, -0.2) is 12.3 Å². The number of nitrogens with zero attached hydrogens (tertiary/aromatic N) is 2. The van der Waals surface area contributed by atoms with E-state index in [1.165, 1.54) is 0 Å². The molecule has 5 aromatic rings. The first kappa shape index (κ1) is 25.7. The molecule has 0 heterocycles. The fourth-order valence-corrected chi connectivity index (χ4v) is 4.68. The maximum Gasteiger partial charge on any atom is 0.159 e. The van der Waals surface area contributed by atoms with Gasteiger partial charge in [-0.2, -0.15) is 0 Å². The number of hydrogen-bond acceptors (Lipinski definition) is 3. The number of hydrogen-bond donors (Lipinski definition) is 0. The van der Waals surface area contributed by atoms with Crippen LogP contribution in [0.1, 0.15) is 13.3 Å². The molecule has 0 atom stereocenters. The van der Waals surface area contributed by atoms with E-state index < -0.39 is 0 Å². The maximum absolute atomic E-state index is 12.3. The quantitative estimate of drug-likeness (QED) is 0.176. The predicted molar refractivity (Wildman–Crippen MR) is 164 cm³/mol. The average Bonchev–Trinajstić information content (AvgIpc) is 3.00. The lowest BCUT2D eigenvalue weighted by Crippen LogP contribution is -2.21. The Labute approximate surface area is 231 Å². The van der Waals surface area contributed by atoms with Gasteiger partial charge in [-0.3, -0.25) is 4.79 Å².